The molecular weight excluding hydrogens is 328 g/mol. The number of ether oxygens (including phenoxy) is 2. The molecule has 0 radical (unpaired) electrons. The fourth-order valence-corrected chi connectivity index (χ4v) is 2.40. The Morgan fingerprint density at radius 3 is 2.21 bits per heavy atom. The molecule has 0 bridgehead atoms. The van der Waals surface area contributed by atoms with Crippen molar-refractivity contribution in [3.05, 3.63) is 59.9 Å². The summed E-state index contributed by atoms with van der Waals surface area (Å²) in [6.45, 7) is 0. The molecule has 0 aliphatic carbocycles. The summed E-state index contributed by atoms with van der Waals surface area (Å²) in [6.07, 6.45) is 3.12. The highest BCUT2D eigenvalue weighted by atomic mass is 35.5. The maximum Gasteiger partial charge on any atom is 0.254 e. The molecule has 0 aliphatic rings. The summed E-state index contributed by atoms with van der Waals surface area (Å²) < 4.78 is 10.7. The van der Waals surface area contributed by atoms with E-state index < -0.39 is 0 Å². The lowest BCUT2D eigenvalue weighted by Crippen LogP contribution is -2.13. The topological polar surface area (TPSA) is 60.4 Å². The van der Waals surface area contributed by atoms with E-state index in [0.717, 1.165) is 11.4 Å². The van der Waals surface area contributed by atoms with Crippen molar-refractivity contribution in [1.29, 1.82) is 0 Å². The molecule has 24 heavy (non-hydrogen) atoms. The zero-order chi connectivity index (χ0) is 16.9. The quantitative estimate of drug-likeness (QED) is 0.698. The van der Waals surface area contributed by atoms with Gasteiger partial charge in [0.25, 0.3) is 5.95 Å². The Morgan fingerprint density at radius 2 is 1.58 bits per heavy atom. The van der Waals surface area contributed by atoms with E-state index in [9.17, 15) is 0 Å². The number of benzene rings is 2. The Morgan fingerprint density at radius 1 is 0.875 bits per heavy atom. The van der Waals surface area contributed by atoms with E-state index in [2.05, 4.69) is 15.2 Å². The van der Waals surface area contributed by atoms with Gasteiger partial charge in [0.05, 0.1) is 32.3 Å². The average molecular weight is 343 g/mol. The maximum absolute atomic E-state index is 6.00. The third kappa shape index (κ3) is 3.23. The Kier molecular flexibility index (Phi) is 4.77. The van der Waals surface area contributed by atoms with Crippen LogP contribution in [0.3, 0.4) is 0 Å². The summed E-state index contributed by atoms with van der Waals surface area (Å²) in [5, 5.41) is 8.68. The van der Waals surface area contributed by atoms with Gasteiger partial charge >= 0.3 is 0 Å². The van der Waals surface area contributed by atoms with Crippen LogP contribution >= 0.6 is 11.6 Å². The van der Waals surface area contributed by atoms with E-state index in [1.165, 1.54) is 6.20 Å². The molecule has 0 saturated carbocycles. The SMILES string of the molecule is COc1ccc(N(c2ccc(Cl)cc2)c2nccnn2)cc1OC. The number of aromatic nitrogens is 3. The minimum Gasteiger partial charge on any atom is -0.493 e. The molecule has 122 valence electrons. The van der Waals surface area contributed by atoms with Crippen LogP contribution in [0.25, 0.3) is 0 Å². The van der Waals surface area contributed by atoms with Crippen LogP contribution in [-0.2, 0) is 0 Å². The van der Waals surface area contributed by atoms with Crippen molar-refractivity contribution in [3.8, 4) is 11.5 Å². The molecule has 3 aromatic rings. The fourth-order valence-electron chi connectivity index (χ4n) is 2.28. The summed E-state index contributed by atoms with van der Waals surface area (Å²) >= 11 is 6.00. The van der Waals surface area contributed by atoms with Gasteiger partial charge in [-0.2, -0.15) is 5.10 Å². The standard InChI is InChI=1S/C17H15ClN4O2/c1-23-15-8-7-14(11-16(15)24-2)22(17-19-9-10-20-21-17)13-5-3-12(18)4-6-13/h3-11H,1-2H3. The molecule has 0 fully saturated rings. The smallest absolute Gasteiger partial charge is 0.254 e. The third-order valence-electron chi connectivity index (χ3n) is 3.38. The van der Waals surface area contributed by atoms with Crippen molar-refractivity contribution in [2.75, 3.05) is 19.1 Å². The number of halogens is 1. The van der Waals surface area contributed by atoms with Gasteiger partial charge in [0.15, 0.2) is 11.5 Å². The van der Waals surface area contributed by atoms with Gasteiger partial charge in [-0.05, 0) is 36.4 Å². The zero-order valence-electron chi connectivity index (χ0n) is 13.2. The second kappa shape index (κ2) is 7.14. The number of anilines is 3. The van der Waals surface area contributed by atoms with E-state index >= 15 is 0 Å². The number of methoxy groups -OCH3 is 2. The normalized spacial score (nSPS) is 10.3. The van der Waals surface area contributed by atoms with E-state index in [4.69, 9.17) is 21.1 Å². The molecule has 0 unspecified atom stereocenters. The van der Waals surface area contributed by atoms with Gasteiger partial charge < -0.3 is 9.47 Å². The largest absolute Gasteiger partial charge is 0.493 e. The van der Waals surface area contributed by atoms with Crippen LogP contribution in [0.4, 0.5) is 17.3 Å². The van der Waals surface area contributed by atoms with Crippen LogP contribution in [0, 0.1) is 0 Å². The van der Waals surface area contributed by atoms with Gasteiger partial charge in [0.2, 0.25) is 0 Å². The Labute approximate surface area is 144 Å². The first-order chi connectivity index (χ1) is 11.7. The summed E-state index contributed by atoms with van der Waals surface area (Å²) in [7, 11) is 3.19. The van der Waals surface area contributed by atoms with Gasteiger partial charge in [-0.25, -0.2) is 4.98 Å². The molecule has 1 heterocycles. The molecule has 0 atom stereocenters. The third-order valence-corrected chi connectivity index (χ3v) is 3.63. The highest BCUT2D eigenvalue weighted by Gasteiger charge is 2.17. The first-order valence-corrected chi connectivity index (χ1v) is 7.52. The molecule has 7 heteroatoms. The van der Waals surface area contributed by atoms with Crippen LogP contribution in [0.5, 0.6) is 11.5 Å². The zero-order valence-corrected chi connectivity index (χ0v) is 13.9. The second-order valence-electron chi connectivity index (χ2n) is 4.79. The summed E-state index contributed by atoms with van der Waals surface area (Å²) in [4.78, 5) is 6.15. The van der Waals surface area contributed by atoms with Gasteiger partial charge in [-0.1, -0.05) is 11.6 Å². The molecule has 0 spiro atoms. The van der Waals surface area contributed by atoms with E-state index in [-0.39, 0.29) is 0 Å². The maximum atomic E-state index is 6.00. The lowest BCUT2D eigenvalue weighted by molar-refractivity contribution is 0.355. The highest BCUT2D eigenvalue weighted by molar-refractivity contribution is 6.30. The Balaban J connectivity index is 2.13. The minimum atomic E-state index is 0.437. The Bertz CT molecular complexity index is 813. The Hall–Kier alpha value is -2.86. The molecule has 0 aliphatic heterocycles. The fraction of sp³-hybridized carbons (Fsp3) is 0.118. The van der Waals surface area contributed by atoms with Crippen LogP contribution in [0.15, 0.2) is 54.9 Å². The highest BCUT2D eigenvalue weighted by Crippen LogP contribution is 2.37. The van der Waals surface area contributed by atoms with E-state index in [1.807, 2.05) is 35.2 Å². The molecule has 6 nitrogen and oxygen atoms in total. The number of nitrogens with zero attached hydrogens (tertiary/aromatic N) is 4. The van der Waals surface area contributed by atoms with Crippen molar-refractivity contribution in [3.63, 3.8) is 0 Å². The lowest BCUT2D eigenvalue weighted by Gasteiger charge is -2.23. The predicted molar refractivity (Wildman–Crippen MR) is 92.6 cm³/mol. The van der Waals surface area contributed by atoms with Crippen LogP contribution < -0.4 is 14.4 Å². The first kappa shape index (κ1) is 16.0. The lowest BCUT2D eigenvalue weighted by atomic mass is 10.2. The molecule has 0 N–H and O–H groups in total. The van der Waals surface area contributed by atoms with E-state index in [0.29, 0.717) is 22.5 Å². The van der Waals surface area contributed by atoms with Crippen LogP contribution in [-0.4, -0.2) is 29.4 Å². The van der Waals surface area contributed by atoms with E-state index in [1.54, 1.807) is 32.5 Å². The molecule has 0 amide bonds. The van der Waals surface area contributed by atoms with Gasteiger partial charge in [0, 0.05) is 16.8 Å². The number of rotatable bonds is 5. The average Bonchev–Trinajstić information content (AvgIpc) is 2.64. The number of hydrogen-bond acceptors (Lipinski definition) is 6. The monoisotopic (exact) mass is 342 g/mol. The summed E-state index contributed by atoms with van der Waals surface area (Å²) in [6, 6.07) is 13.0. The number of hydrogen-bond donors (Lipinski definition) is 0. The van der Waals surface area contributed by atoms with Crippen molar-refractivity contribution < 1.29 is 9.47 Å². The second-order valence-corrected chi connectivity index (χ2v) is 5.23. The molecule has 3 rings (SSSR count). The van der Waals surface area contributed by atoms with Gasteiger partial charge in [-0.15, -0.1) is 5.10 Å². The van der Waals surface area contributed by atoms with Gasteiger partial charge in [0.1, 0.15) is 0 Å². The van der Waals surface area contributed by atoms with Crippen molar-refractivity contribution >= 4 is 28.9 Å². The van der Waals surface area contributed by atoms with Crippen LogP contribution in [0.1, 0.15) is 0 Å². The molecule has 1 aromatic heterocycles. The summed E-state index contributed by atoms with van der Waals surface area (Å²) in [5.74, 6) is 1.69. The molecular formula is C17H15ClN4O2. The van der Waals surface area contributed by atoms with Crippen molar-refractivity contribution in [2.45, 2.75) is 0 Å². The van der Waals surface area contributed by atoms with Gasteiger partial charge in [-0.3, -0.25) is 4.90 Å². The van der Waals surface area contributed by atoms with Crippen LogP contribution in [0.2, 0.25) is 5.02 Å². The predicted octanol–water partition coefficient (Wildman–Crippen LogP) is 4.01. The molecule has 0 saturated heterocycles. The summed E-state index contributed by atoms with van der Waals surface area (Å²) in [5.41, 5.74) is 1.66. The van der Waals surface area contributed by atoms with Crippen molar-refractivity contribution in [2.24, 2.45) is 0 Å². The first-order valence-electron chi connectivity index (χ1n) is 7.14. The molecule has 2 aromatic carbocycles. The van der Waals surface area contributed by atoms with Crippen molar-refractivity contribution in [1.82, 2.24) is 15.2 Å². The minimum absolute atomic E-state index is 0.437.